The molecule has 0 spiro atoms. The first-order chi connectivity index (χ1) is 9.28. The molecule has 2 saturated carbocycles. The third-order valence-corrected chi connectivity index (χ3v) is 4.18. The lowest BCUT2D eigenvalue weighted by molar-refractivity contribution is 0.318. The van der Waals surface area contributed by atoms with Gasteiger partial charge in [0.25, 0.3) is 0 Å². The van der Waals surface area contributed by atoms with E-state index in [1.54, 1.807) is 0 Å². The maximum atomic E-state index is 5.91. The summed E-state index contributed by atoms with van der Waals surface area (Å²) in [7, 11) is 0. The van der Waals surface area contributed by atoms with Gasteiger partial charge in [0.15, 0.2) is 0 Å². The number of nitrogens with one attached hydrogen (secondary N) is 1. The maximum Gasteiger partial charge on any atom is 0.142 e. The molecule has 3 rings (SSSR count). The van der Waals surface area contributed by atoms with Crippen molar-refractivity contribution in [2.24, 2.45) is 11.8 Å². The molecule has 1 aromatic carbocycles. The maximum absolute atomic E-state index is 5.91. The average molecular weight is 259 g/mol. The van der Waals surface area contributed by atoms with E-state index in [9.17, 15) is 0 Å². The Morgan fingerprint density at radius 3 is 2.47 bits per heavy atom. The molecular formula is C17H25NO. The Morgan fingerprint density at radius 1 is 1.21 bits per heavy atom. The van der Waals surface area contributed by atoms with Crippen molar-refractivity contribution in [3.05, 3.63) is 23.8 Å². The lowest BCUT2D eigenvalue weighted by Crippen LogP contribution is -2.24. The third-order valence-electron chi connectivity index (χ3n) is 4.18. The van der Waals surface area contributed by atoms with Crippen molar-refractivity contribution in [1.29, 1.82) is 0 Å². The molecule has 0 radical (unpaired) electrons. The number of rotatable bonds is 7. The van der Waals surface area contributed by atoms with E-state index in [0.717, 1.165) is 30.6 Å². The minimum Gasteiger partial charge on any atom is -0.491 e. The van der Waals surface area contributed by atoms with E-state index < -0.39 is 0 Å². The lowest BCUT2D eigenvalue weighted by atomic mass is 10.1. The molecule has 104 valence electrons. The molecule has 0 amide bonds. The summed E-state index contributed by atoms with van der Waals surface area (Å²) in [5.74, 6) is 2.86. The molecule has 0 saturated heterocycles. The molecule has 2 nitrogen and oxygen atoms in total. The van der Waals surface area contributed by atoms with Crippen LogP contribution in [0.4, 0.5) is 5.69 Å². The highest BCUT2D eigenvalue weighted by Crippen LogP contribution is 2.46. The Bertz CT molecular complexity index is 423. The Kier molecular flexibility index (Phi) is 3.67. The summed E-state index contributed by atoms with van der Waals surface area (Å²) in [4.78, 5) is 0. The van der Waals surface area contributed by atoms with Gasteiger partial charge in [-0.25, -0.2) is 0 Å². The molecule has 0 aromatic heterocycles. The molecule has 2 fully saturated rings. The van der Waals surface area contributed by atoms with Crippen molar-refractivity contribution >= 4 is 5.69 Å². The fourth-order valence-corrected chi connectivity index (χ4v) is 2.79. The number of hydrogen-bond donors (Lipinski definition) is 1. The molecule has 0 bridgehead atoms. The number of anilines is 1. The highest BCUT2D eigenvalue weighted by molar-refractivity contribution is 5.58. The van der Waals surface area contributed by atoms with Gasteiger partial charge >= 0.3 is 0 Å². The van der Waals surface area contributed by atoms with Crippen LogP contribution < -0.4 is 10.1 Å². The number of aryl methyl sites for hydroxylation is 1. The van der Waals surface area contributed by atoms with Gasteiger partial charge in [-0.3, -0.25) is 0 Å². The normalized spacial score (nSPS) is 18.7. The fourth-order valence-electron chi connectivity index (χ4n) is 2.79. The minimum absolute atomic E-state index is 0.687. The highest BCUT2D eigenvalue weighted by atomic mass is 16.5. The first-order valence-corrected chi connectivity index (χ1v) is 7.78. The minimum atomic E-state index is 0.687. The van der Waals surface area contributed by atoms with Crippen molar-refractivity contribution in [1.82, 2.24) is 0 Å². The Balaban J connectivity index is 1.74. The highest BCUT2D eigenvalue weighted by Gasteiger charge is 2.41. The zero-order chi connectivity index (χ0) is 13.2. The van der Waals surface area contributed by atoms with Crippen molar-refractivity contribution in [3.63, 3.8) is 0 Å². The van der Waals surface area contributed by atoms with Gasteiger partial charge in [-0.15, -0.1) is 0 Å². The van der Waals surface area contributed by atoms with Crippen molar-refractivity contribution in [2.75, 3.05) is 11.9 Å². The molecule has 2 heteroatoms. The van der Waals surface area contributed by atoms with Crippen molar-refractivity contribution in [3.8, 4) is 5.75 Å². The summed E-state index contributed by atoms with van der Waals surface area (Å²) in [6, 6.07) is 7.22. The number of hydrogen-bond acceptors (Lipinski definition) is 2. The van der Waals surface area contributed by atoms with E-state index >= 15 is 0 Å². The lowest BCUT2D eigenvalue weighted by Gasteiger charge is -2.21. The van der Waals surface area contributed by atoms with Crippen molar-refractivity contribution in [2.45, 2.75) is 52.0 Å². The van der Waals surface area contributed by atoms with Crippen LogP contribution >= 0.6 is 0 Å². The standard InChI is InChI=1S/C17H25NO/c1-3-10-19-16-11-12(2)4-9-15(16)18-17(13-5-6-13)14-7-8-14/h4,9,11,13-14,17-18H,3,5-8,10H2,1-2H3. The van der Waals surface area contributed by atoms with Crippen LogP contribution in [0.15, 0.2) is 18.2 Å². The second kappa shape index (κ2) is 5.44. The summed E-state index contributed by atoms with van der Waals surface area (Å²) < 4.78 is 5.91. The average Bonchev–Trinajstić information content (AvgIpc) is 3.28. The summed E-state index contributed by atoms with van der Waals surface area (Å²) in [5.41, 5.74) is 2.47. The Hall–Kier alpha value is -1.18. The van der Waals surface area contributed by atoms with Gasteiger partial charge in [-0.05, 0) is 68.6 Å². The van der Waals surface area contributed by atoms with E-state index in [4.69, 9.17) is 4.74 Å². The van der Waals surface area contributed by atoms with Crippen LogP contribution in [0.1, 0.15) is 44.6 Å². The van der Waals surface area contributed by atoms with E-state index in [1.165, 1.54) is 36.9 Å². The summed E-state index contributed by atoms with van der Waals surface area (Å²) >= 11 is 0. The molecule has 0 aliphatic heterocycles. The smallest absolute Gasteiger partial charge is 0.142 e. The van der Waals surface area contributed by atoms with Crippen LogP contribution in [0.3, 0.4) is 0 Å². The quantitative estimate of drug-likeness (QED) is 0.784. The van der Waals surface area contributed by atoms with Crippen LogP contribution in [-0.4, -0.2) is 12.6 Å². The Morgan fingerprint density at radius 2 is 1.89 bits per heavy atom. The second-order valence-corrected chi connectivity index (χ2v) is 6.19. The van der Waals surface area contributed by atoms with Gasteiger partial charge in [-0.1, -0.05) is 13.0 Å². The second-order valence-electron chi connectivity index (χ2n) is 6.19. The summed E-state index contributed by atoms with van der Waals surface area (Å²) in [6.45, 7) is 5.08. The Labute approximate surface area is 116 Å². The third kappa shape index (κ3) is 3.23. The molecule has 0 atom stereocenters. The van der Waals surface area contributed by atoms with Crippen LogP contribution in [0.5, 0.6) is 5.75 Å². The molecule has 19 heavy (non-hydrogen) atoms. The molecule has 0 heterocycles. The first kappa shape index (κ1) is 12.8. The summed E-state index contributed by atoms with van der Waals surface area (Å²) in [5, 5.41) is 3.78. The zero-order valence-corrected chi connectivity index (χ0v) is 12.1. The molecule has 2 aliphatic carbocycles. The predicted octanol–water partition coefficient (Wildman–Crippen LogP) is 4.38. The molecule has 0 unspecified atom stereocenters. The number of benzene rings is 1. The van der Waals surface area contributed by atoms with Gasteiger partial charge in [0.1, 0.15) is 5.75 Å². The van der Waals surface area contributed by atoms with Crippen LogP contribution in [0.25, 0.3) is 0 Å². The van der Waals surface area contributed by atoms with E-state index in [1.807, 2.05) is 0 Å². The molecule has 2 aliphatic rings. The zero-order valence-electron chi connectivity index (χ0n) is 12.1. The monoisotopic (exact) mass is 259 g/mol. The van der Waals surface area contributed by atoms with Crippen LogP contribution in [0.2, 0.25) is 0 Å². The van der Waals surface area contributed by atoms with Gasteiger partial charge in [0.05, 0.1) is 12.3 Å². The van der Waals surface area contributed by atoms with E-state index in [-0.39, 0.29) is 0 Å². The molecular weight excluding hydrogens is 234 g/mol. The first-order valence-electron chi connectivity index (χ1n) is 7.78. The molecule has 1 aromatic rings. The topological polar surface area (TPSA) is 21.3 Å². The fraction of sp³-hybridized carbons (Fsp3) is 0.647. The van der Waals surface area contributed by atoms with E-state index in [2.05, 4.69) is 37.4 Å². The van der Waals surface area contributed by atoms with Gasteiger partial charge in [-0.2, -0.15) is 0 Å². The number of ether oxygens (including phenoxy) is 1. The SMILES string of the molecule is CCCOc1cc(C)ccc1NC(C1CC1)C1CC1. The van der Waals surface area contributed by atoms with E-state index in [0.29, 0.717) is 6.04 Å². The van der Waals surface area contributed by atoms with Gasteiger partial charge < -0.3 is 10.1 Å². The van der Waals surface area contributed by atoms with Crippen LogP contribution in [-0.2, 0) is 0 Å². The largest absolute Gasteiger partial charge is 0.491 e. The van der Waals surface area contributed by atoms with Gasteiger partial charge in [0, 0.05) is 6.04 Å². The van der Waals surface area contributed by atoms with Gasteiger partial charge in [0.2, 0.25) is 0 Å². The summed E-state index contributed by atoms with van der Waals surface area (Å²) in [6.07, 6.45) is 6.69. The molecule has 1 N–H and O–H groups in total. The van der Waals surface area contributed by atoms with Crippen LogP contribution in [0, 0.1) is 18.8 Å². The predicted molar refractivity (Wildman–Crippen MR) is 79.8 cm³/mol. The van der Waals surface area contributed by atoms with Crippen molar-refractivity contribution < 1.29 is 4.74 Å².